The van der Waals surface area contributed by atoms with Crippen molar-refractivity contribution in [3.63, 3.8) is 0 Å². The summed E-state index contributed by atoms with van der Waals surface area (Å²) in [5, 5.41) is 9.49. The molecule has 0 amide bonds. The van der Waals surface area contributed by atoms with Gasteiger partial charge in [0.2, 0.25) is 0 Å². The second-order valence-corrected chi connectivity index (χ2v) is 7.26. The Morgan fingerprint density at radius 2 is 1.52 bits per heavy atom. The first-order valence-electron chi connectivity index (χ1n) is 8.59. The third-order valence-electron chi connectivity index (χ3n) is 5.24. The molecule has 1 heterocycles. The highest BCUT2D eigenvalue weighted by Gasteiger charge is 2.45. The number of rotatable bonds is 4. The Hall–Kier alpha value is -2.55. The SMILES string of the molecule is CC(C1=CC[C@@H](C(=O)O)C(C)(C)O1)(c1ccccc1)c1ccccc1. The third kappa shape index (κ3) is 3.07. The zero-order chi connectivity index (χ0) is 18.1. The van der Waals surface area contributed by atoms with Crippen LogP contribution in [0.25, 0.3) is 0 Å². The largest absolute Gasteiger partial charge is 0.490 e. The van der Waals surface area contributed by atoms with Gasteiger partial charge in [0.15, 0.2) is 0 Å². The van der Waals surface area contributed by atoms with Gasteiger partial charge in [-0.1, -0.05) is 60.7 Å². The topological polar surface area (TPSA) is 46.5 Å². The fourth-order valence-corrected chi connectivity index (χ4v) is 3.60. The number of carbonyl (C=O) groups is 1. The van der Waals surface area contributed by atoms with Gasteiger partial charge < -0.3 is 9.84 Å². The lowest BCUT2D eigenvalue weighted by molar-refractivity contribution is -0.153. The summed E-state index contributed by atoms with van der Waals surface area (Å²) in [6.07, 6.45) is 2.41. The smallest absolute Gasteiger partial charge is 0.310 e. The van der Waals surface area contributed by atoms with Crippen LogP contribution in [-0.4, -0.2) is 16.7 Å². The van der Waals surface area contributed by atoms with E-state index >= 15 is 0 Å². The molecule has 1 aliphatic heterocycles. The van der Waals surface area contributed by atoms with Gasteiger partial charge in [0, 0.05) is 0 Å². The van der Waals surface area contributed by atoms with Crippen molar-refractivity contribution in [2.45, 2.75) is 38.2 Å². The van der Waals surface area contributed by atoms with E-state index in [4.69, 9.17) is 4.74 Å². The van der Waals surface area contributed by atoms with Gasteiger partial charge in [-0.25, -0.2) is 0 Å². The van der Waals surface area contributed by atoms with Crippen molar-refractivity contribution >= 4 is 5.97 Å². The zero-order valence-corrected chi connectivity index (χ0v) is 14.9. The van der Waals surface area contributed by atoms with Gasteiger partial charge in [-0.3, -0.25) is 4.79 Å². The lowest BCUT2D eigenvalue weighted by Crippen LogP contribution is -2.44. The van der Waals surface area contributed by atoms with Crippen LogP contribution in [0.3, 0.4) is 0 Å². The molecule has 0 bridgehead atoms. The van der Waals surface area contributed by atoms with Gasteiger partial charge in [0.25, 0.3) is 0 Å². The molecule has 3 rings (SSSR count). The Balaban J connectivity index is 2.13. The molecule has 0 aromatic heterocycles. The summed E-state index contributed by atoms with van der Waals surface area (Å²) in [4.78, 5) is 11.6. The predicted octanol–water partition coefficient (Wildman–Crippen LogP) is 4.78. The first-order valence-corrected chi connectivity index (χ1v) is 8.59. The third-order valence-corrected chi connectivity index (χ3v) is 5.24. The molecule has 2 aromatic rings. The van der Waals surface area contributed by atoms with E-state index in [2.05, 4.69) is 31.2 Å². The Morgan fingerprint density at radius 1 is 1.04 bits per heavy atom. The molecule has 1 atom stereocenters. The number of ether oxygens (including phenoxy) is 1. The highest BCUT2D eigenvalue weighted by Crippen LogP contribution is 2.45. The van der Waals surface area contributed by atoms with Crippen LogP contribution in [0, 0.1) is 5.92 Å². The van der Waals surface area contributed by atoms with Crippen molar-refractivity contribution in [2.75, 3.05) is 0 Å². The van der Waals surface area contributed by atoms with Crippen molar-refractivity contribution in [1.29, 1.82) is 0 Å². The summed E-state index contributed by atoms with van der Waals surface area (Å²) in [5.74, 6) is -0.555. The molecular formula is C22H24O3. The van der Waals surface area contributed by atoms with Crippen LogP contribution in [0.4, 0.5) is 0 Å². The van der Waals surface area contributed by atoms with E-state index in [9.17, 15) is 9.90 Å². The van der Waals surface area contributed by atoms with Gasteiger partial charge in [-0.05, 0) is 44.4 Å². The van der Waals surface area contributed by atoms with E-state index < -0.39 is 22.9 Å². The minimum absolute atomic E-state index is 0.465. The number of aliphatic carboxylic acids is 1. The number of benzene rings is 2. The number of carboxylic acids is 1. The first-order chi connectivity index (χ1) is 11.9. The van der Waals surface area contributed by atoms with Crippen LogP contribution in [0.5, 0.6) is 0 Å². The molecule has 25 heavy (non-hydrogen) atoms. The fourth-order valence-electron chi connectivity index (χ4n) is 3.60. The van der Waals surface area contributed by atoms with Gasteiger partial charge in [-0.2, -0.15) is 0 Å². The average Bonchev–Trinajstić information content (AvgIpc) is 2.61. The molecule has 0 saturated carbocycles. The van der Waals surface area contributed by atoms with E-state index in [1.807, 2.05) is 56.3 Å². The maximum atomic E-state index is 11.6. The van der Waals surface area contributed by atoms with Crippen LogP contribution in [-0.2, 0) is 14.9 Å². The molecule has 0 saturated heterocycles. The summed E-state index contributed by atoms with van der Waals surface area (Å²) >= 11 is 0. The first kappa shape index (κ1) is 17.3. The Labute approximate surface area is 149 Å². The molecule has 130 valence electrons. The number of hydrogen-bond acceptors (Lipinski definition) is 2. The lowest BCUT2D eigenvalue weighted by atomic mass is 9.72. The minimum atomic E-state index is -0.818. The van der Waals surface area contributed by atoms with Crippen molar-refractivity contribution in [3.05, 3.63) is 83.6 Å². The van der Waals surface area contributed by atoms with Gasteiger partial charge >= 0.3 is 5.97 Å². The molecule has 3 nitrogen and oxygen atoms in total. The van der Waals surface area contributed by atoms with Crippen LogP contribution in [0.2, 0.25) is 0 Å². The van der Waals surface area contributed by atoms with E-state index in [0.29, 0.717) is 6.42 Å². The van der Waals surface area contributed by atoms with Crippen molar-refractivity contribution in [3.8, 4) is 0 Å². The van der Waals surface area contributed by atoms with Gasteiger partial charge in [-0.15, -0.1) is 0 Å². The van der Waals surface area contributed by atoms with Crippen molar-refractivity contribution in [2.24, 2.45) is 5.92 Å². The van der Waals surface area contributed by atoms with Crippen LogP contribution in [0.1, 0.15) is 38.3 Å². The maximum absolute atomic E-state index is 11.6. The highest BCUT2D eigenvalue weighted by atomic mass is 16.5. The maximum Gasteiger partial charge on any atom is 0.310 e. The lowest BCUT2D eigenvalue weighted by Gasteiger charge is -2.43. The molecule has 2 aromatic carbocycles. The average molecular weight is 336 g/mol. The summed E-state index contributed by atoms with van der Waals surface area (Å²) in [5.41, 5.74) is 1.01. The second-order valence-electron chi connectivity index (χ2n) is 7.26. The fraction of sp³-hybridized carbons (Fsp3) is 0.318. The molecular weight excluding hydrogens is 312 g/mol. The van der Waals surface area contributed by atoms with Crippen LogP contribution < -0.4 is 0 Å². The summed E-state index contributed by atoms with van der Waals surface area (Å²) in [7, 11) is 0. The van der Waals surface area contributed by atoms with Crippen LogP contribution >= 0.6 is 0 Å². The van der Waals surface area contributed by atoms with Crippen molar-refractivity contribution < 1.29 is 14.6 Å². The van der Waals surface area contributed by atoms with Crippen LogP contribution in [0.15, 0.2) is 72.5 Å². The Bertz CT molecular complexity index is 736. The van der Waals surface area contributed by atoms with Gasteiger partial charge in [0.05, 0.1) is 11.3 Å². The standard InChI is InChI=1S/C22H24O3/c1-21(2)18(20(23)24)14-15-19(25-21)22(3,16-10-6-4-7-11-16)17-12-8-5-9-13-17/h4-13,15,18H,14H2,1-3H3,(H,23,24)/t18-/m0/s1. The second kappa shape index (κ2) is 6.40. The summed E-state index contributed by atoms with van der Waals surface area (Å²) < 4.78 is 6.30. The Morgan fingerprint density at radius 3 is 1.92 bits per heavy atom. The quantitative estimate of drug-likeness (QED) is 0.874. The predicted molar refractivity (Wildman–Crippen MR) is 98.3 cm³/mol. The highest BCUT2D eigenvalue weighted by molar-refractivity contribution is 5.72. The molecule has 0 aliphatic carbocycles. The van der Waals surface area contributed by atoms with Gasteiger partial charge in [0.1, 0.15) is 11.4 Å². The minimum Gasteiger partial charge on any atom is -0.490 e. The van der Waals surface area contributed by atoms with Crippen molar-refractivity contribution in [1.82, 2.24) is 0 Å². The normalized spacial score (nSPS) is 19.6. The molecule has 0 fully saturated rings. The van der Waals surface area contributed by atoms with E-state index in [-0.39, 0.29) is 0 Å². The van der Waals surface area contributed by atoms with E-state index in [0.717, 1.165) is 16.9 Å². The molecule has 1 N–H and O–H groups in total. The van der Waals surface area contributed by atoms with E-state index in [1.165, 1.54) is 0 Å². The number of allylic oxidation sites excluding steroid dienone is 2. The molecule has 0 unspecified atom stereocenters. The molecule has 0 spiro atoms. The molecule has 0 radical (unpaired) electrons. The monoisotopic (exact) mass is 336 g/mol. The summed E-state index contributed by atoms with van der Waals surface area (Å²) in [6.45, 7) is 5.85. The molecule has 1 aliphatic rings. The Kier molecular flexibility index (Phi) is 4.42. The molecule has 3 heteroatoms. The number of hydrogen-bond donors (Lipinski definition) is 1. The summed E-state index contributed by atoms with van der Waals surface area (Å²) in [6, 6.07) is 20.4. The number of carboxylic acid groups (broad SMARTS) is 1. The zero-order valence-electron chi connectivity index (χ0n) is 14.9. The van der Waals surface area contributed by atoms with E-state index in [1.54, 1.807) is 0 Å².